The molecular weight excluding hydrogens is 457 g/mol. The minimum atomic E-state index is -0.641. The molecule has 3 heterocycles. The van der Waals surface area contributed by atoms with E-state index in [1.165, 1.54) is 18.7 Å². The van der Waals surface area contributed by atoms with Crippen LogP contribution in [0.25, 0.3) is 21.7 Å². The van der Waals surface area contributed by atoms with Gasteiger partial charge >= 0.3 is 12.1 Å². The van der Waals surface area contributed by atoms with E-state index in [9.17, 15) is 14.0 Å². The summed E-state index contributed by atoms with van der Waals surface area (Å²) in [5.74, 6) is -0.253. The summed E-state index contributed by atoms with van der Waals surface area (Å²) in [7, 11) is 1.26. The summed E-state index contributed by atoms with van der Waals surface area (Å²) in [5.41, 5.74) is 1.47. The van der Waals surface area contributed by atoms with Crippen LogP contribution in [0.3, 0.4) is 0 Å². The summed E-state index contributed by atoms with van der Waals surface area (Å²) in [6.45, 7) is 10.5. The molecule has 0 radical (unpaired) electrons. The summed E-state index contributed by atoms with van der Waals surface area (Å²) < 4.78 is 24.6. The average Bonchev–Trinajstić information content (AvgIpc) is 3.35. The molecule has 0 saturated heterocycles. The number of ether oxygens (including phenoxy) is 2. The molecule has 4 rings (SSSR count). The van der Waals surface area contributed by atoms with E-state index in [-0.39, 0.29) is 17.7 Å². The number of rotatable bonds is 4. The van der Waals surface area contributed by atoms with Crippen LogP contribution in [0.4, 0.5) is 9.18 Å². The molecule has 34 heavy (non-hydrogen) atoms. The van der Waals surface area contributed by atoms with Gasteiger partial charge in [-0.25, -0.2) is 19.0 Å². The number of carbonyl (C=O) groups is 2. The molecule has 0 spiro atoms. The van der Waals surface area contributed by atoms with E-state index >= 15 is 0 Å². The highest BCUT2D eigenvalue weighted by atomic mass is 32.1. The molecule has 7 nitrogen and oxygen atoms in total. The molecule has 1 unspecified atom stereocenters. The maximum atomic E-state index is 14.1. The number of hydrogen-bond acceptors (Lipinski definition) is 6. The number of nitrogens with zero attached hydrogens (tertiary/aromatic N) is 2. The lowest BCUT2D eigenvalue weighted by Gasteiger charge is -2.37. The van der Waals surface area contributed by atoms with E-state index in [1.807, 2.05) is 25.7 Å². The number of methoxy groups -OCH3 is 1. The second kappa shape index (κ2) is 9.02. The van der Waals surface area contributed by atoms with Gasteiger partial charge in [0.15, 0.2) is 0 Å². The van der Waals surface area contributed by atoms with Gasteiger partial charge in [0.2, 0.25) is 0 Å². The van der Waals surface area contributed by atoms with Gasteiger partial charge in [-0.2, -0.15) is 0 Å². The van der Waals surface area contributed by atoms with Gasteiger partial charge in [-0.05, 0) is 63.3 Å². The van der Waals surface area contributed by atoms with Crippen LogP contribution in [0.15, 0.2) is 18.2 Å². The molecule has 9 heteroatoms. The molecule has 182 valence electrons. The molecule has 1 aliphatic heterocycles. The summed E-state index contributed by atoms with van der Waals surface area (Å²) >= 11 is 1.56. The van der Waals surface area contributed by atoms with E-state index < -0.39 is 17.4 Å². The maximum Gasteiger partial charge on any atom is 0.410 e. The Morgan fingerprint density at radius 1 is 1.29 bits per heavy atom. The minimum Gasteiger partial charge on any atom is -0.465 e. The second-order valence-electron chi connectivity index (χ2n) is 10.00. The zero-order chi connectivity index (χ0) is 24.8. The molecule has 0 bridgehead atoms. The lowest BCUT2D eigenvalue weighted by Crippen LogP contribution is -2.43. The molecule has 1 amide bonds. The third-order valence-corrected chi connectivity index (χ3v) is 6.94. The van der Waals surface area contributed by atoms with Crippen molar-refractivity contribution in [1.82, 2.24) is 14.9 Å². The van der Waals surface area contributed by atoms with E-state index in [0.717, 1.165) is 22.2 Å². The summed E-state index contributed by atoms with van der Waals surface area (Å²) in [6, 6.07) is 4.43. The van der Waals surface area contributed by atoms with Crippen molar-refractivity contribution < 1.29 is 23.5 Å². The Morgan fingerprint density at radius 3 is 2.68 bits per heavy atom. The van der Waals surface area contributed by atoms with Crippen molar-refractivity contribution in [3.63, 3.8) is 0 Å². The van der Waals surface area contributed by atoms with Gasteiger partial charge in [0, 0.05) is 11.4 Å². The van der Waals surface area contributed by atoms with Gasteiger partial charge in [-0.3, -0.25) is 4.90 Å². The molecule has 0 saturated carbocycles. The number of aromatic nitrogens is 2. The zero-order valence-electron chi connectivity index (χ0n) is 20.3. The first-order valence-corrected chi connectivity index (χ1v) is 12.2. The average molecular weight is 488 g/mol. The number of thiophene rings is 1. The Labute approximate surface area is 202 Å². The number of benzene rings is 1. The Kier molecular flexibility index (Phi) is 6.42. The van der Waals surface area contributed by atoms with E-state index in [2.05, 4.69) is 29.9 Å². The molecule has 1 N–H and O–H groups in total. The fraction of sp³-hybridized carbons (Fsp3) is 0.480. The predicted octanol–water partition coefficient (Wildman–Crippen LogP) is 6.10. The van der Waals surface area contributed by atoms with Gasteiger partial charge in [0.1, 0.15) is 22.8 Å². The first-order chi connectivity index (χ1) is 16.0. The Morgan fingerprint density at radius 2 is 2.03 bits per heavy atom. The predicted molar refractivity (Wildman–Crippen MR) is 130 cm³/mol. The van der Waals surface area contributed by atoms with Crippen molar-refractivity contribution in [1.29, 1.82) is 0 Å². The highest BCUT2D eigenvalue weighted by Crippen LogP contribution is 2.43. The van der Waals surface area contributed by atoms with E-state index in [0.29, 0.717) is 35.7 Å². The number of hydrogen-bond donors (Lipinski definition) is 1. The monoisotopic (exact) mass is 487 g/mol. The van der Waals surface area contributed by atoms with Crippen molar-refractivity contribution in [2.75, 3.05) is 13.7 Å². The Hall–Kier alpha value is -2.94. The van der Waals surface area contributed by atoms with Crippen molar-refractivity contribution >= 4 is 34.4 Å². The van der Waals surface area contributed by atoms with Gasteiger partial charge in [0.05, 0.1) is 29.1 Å². The third kappa shape index (κ3) is 4.80. The van der Waals surface area contributed by atoms with Crippen molar-refractivity contribution in [2.45, 2.75) is 59.1 Å². The van der Waals surface area contributed by atoms with Crippen LogP contribution in [0.5, 0.6) is 0 Å². The van der Waals surface area contributed by atoms with Gasteiger partial charge in [-0.1, -0.05) is 13.8 Å². The van der Waals surface area contributed by atoms with Crippen molar-refractivity contribution in [3.8, 4) is 10.7 Å². The number of imidazole rings is 1. The SMILES string of the molecule is COC(=O)c1cc(F)cc2[nH]c(-c3cc4c(s3)C(CC(C)C)N(C(=O)OC(C)(C)C)CC4)nc12. The smallest absolute Gasteiger partial charge is 0.410 e. The fourth-order valence-corrected chi connectivity index (χ4v) is 5.54. The molecule has 0 aliphatic carbocycles. The molecule has 2 aromatic heterocycles. The zero-order valence-corrected chi connectivity index (χ0v) is 21.1. The molecule has 3 aromatic rings. The highest BCUT2D eigenvalue weighted by Gasteiger charge is 2.36. The maximum absolute atomic E-state index is 14.1. The number of carbonyl (C=O) groups excluding carboxylic acids is 2. The first kappa shape index (κ1) is 24.2. The largest absolute Gasteiger partial charge is 0.465 e. The van der Waals surface area contributed by atoms with Crippen molar-refractivity contribution in [3.05, 3.63) is 40.0 Å². The normalized spacial score (nSPS) is 16.1. The number of H-pyrrole nitrogens is 1. The third-order valence-electron chi connectivity index (χ3n) is 5.66. The fourth-order valence-electron chi connectivity index (χ4n) is 4.26. The van der Waals surface area contributed by atoms with Crippen LogP contribution < -0.4 is 0 Å². The lowest BCUT2D eigenvalue weighted by molar-refractivity contribution is 0.0125. The van der Waals surface area contributed by atoms with Crippen molar-refractivity contribution in [2.24, 2.45) is 5.92 Å². The Balaban J connectivity index is 1.74. The standard InChI is InChI=1S/C25H30FN3O4S/c1-13(2)9-18-21-14(7-8-29(18)24(31)33-25(3,4)5)10-19(34-21)22-27-17-12-15(26)11-16(20(17)28-22)23(30)32-6/h10-13,18H,7-9H2,1-6H3,(H,27,28). The van der Waals surface area contributed by atoms with Gasteiger partial charge < -0.3 is 14.5 Å². The molecule has 0 fully saturated rings. The van der Waals surface area contributed by atoms with Crippen LogP contribution in [-0.4, -0.2) is 46.2 Å². The second-order valence-corrected chi connectivity index (χ2v) is 11.1. The Bertz CT molecular complexity index is 1240. The lowest BCUT2D eigenvalue weighted by atomic mass is 9.94. The summed E-state index contributed by atoms with van der Waals surface area (Å²) in [6.07, 6.45) is 1.21. The number of fused-ring (bicyclic) bond motifs is 2. The number of esters is 1. The number of aromatic amines is 1. The minimum absolute atomic E-state index is 0.0788. The topological polar surface area (TPSA) is 84.5 Å². The van der Waals surface area contributed by atoms with E-state index in [4.69, 9.17) is 9.47 Å². The van der Waals surface area contributed by atoms with Crippen LogP contribution in [0, 0.1) is 11.7 Å². The molecular formula is C25H30FN3O4S. The van der Waals surface area contributed by atoms with Crippen LogP contribution in [0.1, 0.15) is 67.9 Å². The summed E-state index contributed by atoms with van der Waals surface area (Å²) in [5, 5.41) is 0. The van der Waals surface area contributed by atoms with Crippen LogP contribution in [-0.2, 0) is 15.9 Å². The molecule has 1 aromatic carbocycles. The highest BCUT2D eigenvalue weighted by molar-refractivity contribution is 7.15. The summed E-state index contributed by atoms with van der Waals surface area (Å²) in [4.78, 5) is 36.7. The quantitative estimate of drug-likeness (QED) is 0.450. The van der Waals surface area contributed by atoms with E-state index in [1.54, 1.807) is 11.3 Å². The van der Waals surface area contributed by atoms with Gasteiger partial charge in [-0.15, -0.1) is 11.3 Å². The van der Waals surface area contributed by atoms with Crippen LogP contribution in [0.2, 0.25) is 0 Å². The van der Waals surface area contributed by atoms with Crippen LogP contribution >= 0.6 is 11.3 Å². The van der Waals surface area contributed by atoms with Gasteiger partial charge in [0.25, 0.3) is 0 Å². The number of halogens is 1. The molecule has 1 aliphatic rings. The number of amides is 1. The first-order valence-electron chi connectivity index (χ1n) is 11.4. The number of nitrogens with one attached hydrogen (secondary N) is 1. The molecule has 1 atom stereocenters.